The average Bonchev–Trinajstić information content (AvgIpc) is 3.17. The fraction of sp³-hybridized carbons (Fsp3) is 0.429. The molecule has 1 fully saturated rings. The Morgan fingerprint density at radius 2 is 2.00 bits per heavy atom. The van der Waals surface area contributed by atoms with Crippen LogP contribution in [-0.4, -0.2) is 10.1 Å². The van der Waals surface area contributed by atoms with Crippen LogP contribution in [0.5, 0.6) is 0 Å². The predicted octanol–water partition coefficient (Wildman–Crippen LogP) is 4.60. The largest absolute Gasteiger partial charge is 0.360 e. The van der Waals surface area contributed by atoms with Crippen LogP contribution in [0.4, 0.5) is 0 Å². The van der Waals surface area contributed by atoms with Gasteiger partial charge in [0, 0.05) is 12.1 Å². The van der Waals surface area contributed by atoms with E-state index in [1.54, 1.807) is 6.20 Å². The van der Waals surface area contributed by atoms with Crippen molar-refractivity contribution >= 4 is 11.6 Å². The van der Waals surface area contributed by atoms with Gasteiger partial charge < -0.3 is 4.52 Å². The van der Waals surface area contributed by atoms with Crippen LogP contribution in [0.2, 0.25) is 5.02 Å². The Kier molecular flexibility index (Phi) is 4.02. The molecule has 0 atom stereocenters. The summed E-state index contributed by atoms with van der Waals surface area (Å²) in [5.41, 5.74) is 2.83. The second-order valence-electron chi connectivity index (χ2n) is 4.14. The molecule has 3 rings (SSSR count). The lowest BCUT2D eigenvalue weighted by Gasteiger charge is -2.00. The lowest BCUT2D eigenvalue weighted by molar-refractivity contribution is 0.381. The summed E-state index contributed by atoms with van der Waals surface area (Å²) in [6.45, 7) is 5.95. The van der Waals surface area contributed by atoms with Gasteiger partial charge in [0.1, 0.15) is 5.76 Å². The summed E-state index contributed by atoms with van der Waals surface area (Å²) < 4.78 is 5.38. The van der Waals surface area contributed by atoms with Crippen molar-refractivity contribution in [3.63, 3.8) is 0 Å². The van der Waals surface area contributed by atoms with Gasteiger partial charge in [0.05, 0.1) is 22.0 Å². The van der Waals surface area contributed by atoms with Crippen molar-refractivity contribution in [1.82, 2.24) is 10.1 Å². The molecule has 3 nitrogen and oxygen atoms in total. The highest BCUT2D eigenvalue weighted by molar-refractivity contribution is 6.30. The van der Waals surface area contributed by atoms with Gasteiger partial charge in [-0.1, -0.05) is 30.6 Å². The predicted molar refractivity (Wildman–Crippen MR) is 72.8 cm³/mol. The maximum atomic E-state index is 5.83. The molecule has 2 heterocycles. The third-order valence-corrected chi connectivity index (χ3v) is 3.04. The van der Waals surface area contributed by atoms with Crippen molar-refractivity contribution in [3.8, 4) is 11.3 Å². The maximum Gasteiger partial charge on any atom is 0.149 e. The number of hydrogen-bond acceptors (Lipinski definition) is 3. The first-order chi connectivity index (χ1) is 8.75. The molecule has 1 aliphatic carbocycles. The molecule has 1 saturated carbocycles. The topological polar surface area (TPSA) is 38.9 Å². The van der Waals surface area contributed by atoms with E-state index in [1.807, 2.05) is 32.9 Å². The molecule has 0 spiro atoms. The monoisotopic (exact) mass is 264 g/mol. The minimum atomic E-state index is 0.536. The van der Waals surface area contributed by atoms with Crippen LogP contribution in [-0.2, 0) is 0 Å². The second kappa shape index (κ2) is 5.53. The zero-order valence-corrected chi connectivity index (χ0v) is 11.7. The number of nitrogens with zero attached hydrogens (tertiary/aromatic N) is 2. The molecule has 0 unspecified atom stereocenters. The van der Waals surface area contributed by atoms with Gasteiger partial charge in [-0.25, -0.2) is 0 Å². The van der Waals surface area contributed by atoms with E-state index >= 15 is 0 Å². The van der Waals surface area contributed by atoms with E-state index in [0.29, 0.717) is 10.9 Å². The Balaban J connectivity index is 0.000000574. The Bertz CT molecular complexity index is 515. The number of aromatic nitrogens is 2. The highest BCUT2D eigenvalue weighted by Crippen LogP contribution is 2.45. The van der Waals surface area contributed by atoms with Crippen LogP contribution in [0, 0.1) is 6.92 Å². The zero-order valence-electron chi connectivity index (χ0n) is 10.9. The van der Waals surface area contributed by atoms with Crippen LogP contribution in [0.25, 0.3) is 11.3 Å². The highest BCUT2D eigenvalue weighted by Gasteiger charge is 2.32. The minimum absolute atomic E-state index is 0.536. The van der Waals surface area contributed by atoms with Gasteiger partial charge >= 0.3 is 0 Å². The van der Waals surface area contributed by atoms with E-state index in [0.717, 1.165) is 22.7 Å². The fourth-order valence-corrected chi connectivity index (χ4v) is 1.96. The highest BCUT2D eigenvalue weighted by atomic mass is 35.5. The van der Waals surface area contributed by atoms with Crippen molar-refractivity contribution in [2.24, 2.45) is 0 Å². The molecule has 96 valence electrons. The van der Waals surface area contributed by atoms with Gasteiger partial charge in [0.25, 0.3) is 0 Å². The molecule has 2 aromatic rings. The molecule has 2 aromatic heterocycles. The first-order valence-corrected chi connectivity index (χ1v) is 6.71. The zero-order chi connectivity index (χ0) is 13.1. The Morgan fingerprint density at radius 3 is 2.56 bits per heavy atom. The number of aryl methyl sites for hydroxylation is 1. The first kappa shape index (κ1) is 13.1. The minimum Gasteiger partial charge on any atom is -0.360 e. The lowest BCUT2D eigenvalue weighted by Crippen LogP contribution is -1.87. The summed E-state index contributed by atoms with van der Waals surface area (Å²) in [7, 11) is 0. The van der Waals surface area contributed by atoms with Crippen molar-refractivity contribution < 1.29 is 4.52 Å². The summed E-state index contributed by atoms with van der Waals surface area (Å²) in [5.74, 6) is 1.51. The summed E-state index contributed by atoms with van der Waals surface area (Å²) in [6.07, 6.45) is 4.03. The molecule has 0 bridgehead atoms. The molecular weight excluding hydrogens is 248 g/mol. The molecule has 0 N–H and O–H groups in total. The maximum absolute atomic E-state index is 5.83. The summed E-state index contributed by atoms with van der Waals surface area (Å²) >= 11 is 5.83. The van der Waals surface area contributed by atoms with Crippen molar-refractivity contribution in [2.45, 2.75) is 39.5 Å². The van der Waals surface area contributed by atoms with Gasteiger partial charge in [-0.05, 0) is 31.9 Å². The van der Waals surface area contributed by atoms with Gasteiger partial charge in [0.15, 0.2) is 0 Å². The number of halogens is 1. The smallest absolute Gasteiger partial charge is 0.149 e. The molecule has 0 amide bonds. The van der Waals surface area contributed by atoms with Crippen LogP contribution < -0.4 is 0 Å². The average molecular weight is 265 g/mol. The summed E-state index contributed by atoms with van der Waals surface area (Å²) in [4.78, 5) is 4.32. The van der Waals surface area contributed by atoms with Crippen LogP contribution in [0.1, 0.15) is 44.1 Å². The van der Waals surface area contributed by atoms with Gasteiger partial charge in [-0.3, -0.25) is 4.98 Å². The van der Waals surface area contributed by atoms with Crippen LogP contribution in [0.3, 0.4) is 0 Å². The van der Waals surface area contributed by atoms with Gasteiger partial charge in [-0.2, -0.15) is 0 Å². The number of rotatable bonds is 2. The molecule has 0 aromatic carbocycles. The van der Waals surface area contributed by atoms with Crippen LogP contribution >= 0.6 is 11.6 Å². The fourth-order valence-electron chi connectivity index (χ4n) is 1.85. The Labute approximate surface area is 112 Å². The molecule has 18 heavy (non-hydrogen) atoms. The quantitative estimate of drug-likeness (QED) is 0.796. The van der Waals surface area contributed by atoms with E-state index in [2.05, 4.69) is 10.1 Å². The van der Waals surface area contributed by atoms with Crippen LogP contribution in [0.15, 0.2) is 22.9 Å². The summed E-state index contributed by atoms with van der Waals surface area (Å²) in [5, 5.41) is 4.67. The number of hydrogen-bond donors (Lipinski definition) is 0. The molecule has 4 heteroatoms. The van der Waals surface area contributed by atoms with E-state index < -0.39 is 0 Å². The molecular formula is C14H17ClN2O. The molecule has 1 aliphatic rings. The van der Waals surface area contributed by atoms with Gasteiger partial charge in [-0.15, -0.1) is 0 Å². The van der Waals surface area contributed by atoms with E-state index in [4.69, 9.17) is 16.1 Å². The SMILES string of the molecule is CC.Cc1noc(C2CC2)c1-c1ccc(Cl)cn1. The van der Waals surface area contributed by atoms with E-state index in [9.17, 15) is 0 Å². The van der Waals surface area contributed by atoms with E-state index in [-0.39, 0.29) is 0 Å². The first-order valence-electron chi connectivity index (χ1n) is 6.34. The Morgan fingerprint density at radius 1 is 1.28 bits per heavy atom. The van der Waals surface area contributed by atoms with E-state index in [1.165, 1.54) is 12.8 Å². The van der Waals surface area contributed by atoms with Gasteiger partial charge in [0.2, 0.25) is 0 Å². The third kappa shape index (κ3) is 2.56. The molecule has 0 aliphatic heterocycles. The van der Waals surface area contributed by atoms with Crippen molar-refractivity contribution in [2.75, 3.05) is 0 Å². The summed E-state index contributed by atoms with van der Waals surface area (Å²) in [6, 6.07) is 3.75. The molecule has 0 radical (unpaired) electrons. The number of pyridine rings is 1. The van der Waals surface area contributed by atoms with Crippen molar-refractivity contribution in [1.29, 1.82) is 0 Å². The second-order valence-corrected chi connectivity index (χ2v) is 4.58. The van der Waals surface area contributed by atoms with Crippen molar-refractivity contribution in [3.05, 3.63) is 34.8 Å². The molecule has 0 saturated heterocycles. The standard InChI is InChI=1S/C12H11ClN2O.C2H6/c1-7-11(10-5-4-9(13)6-14-10)12(16-15-7)8-2-3-8;1-2/h4-6,8H,2-3H2,1H3;1-2H3. The normalized spacial score (nSPS) is 14.0. The third-order valence-electron chi connectivity index (χ3n) is 2.82. The Hall–Kier alpha value is -1.35. The lowest BCUT2D eigenvalue weighted by atomic mass is 10.1.